The van der Waals surface area contributed by atoms with Gasteiger partial charge in [-0.05, 0) is 53.8 Å². The van der Waals surface area contributed by atoms with Crippen LogP contribution in [0.3, 0.4) is 0 Å². The molecule has 0 saturated heterocycles. The van der Waals surface area contributed by atoms with Crippen molar-refractivity contribution in [3.8, 4) is 0 Å². The Morgan fingerprint density at radius 3 is 2.85 bits per heavy atom. The molecule has 3 aromatic rings. The third kappa shape index (κ3) is 3.89. The van der Waals surface area contributed by atoms with Gasteiger partial charge in [0.2, 0.25) is 0 Å². The van der Waals surface area contributed by atoms with E-state index in [1.807, 2.05) is 11.8 Å². The Labute approximate surface area is 160 Å². The quantitative estimate of drug-likeness (QED) is 0.563. The molecule has 4 rings (SSSR count). The Morgan fingerprint density at radius 1 is 1.08 bits per heavy atom. The van der Waals surface area contributed by atoms with E-state index in [1.165, 1.54) is 45.3 Å². The molecule has 1 unspecified atom stereocenters. The van der Waals surface area contributed by atoms with Crippen molar-refractivity contribution >= 4 is 28.2 Å². The van der Waals surface area contributed by atoms with E-state index >= 15 is 0 Å². The van der Waals surface area contributed by atoms with E-state index in [0.29, 0.717) is 6.04 Å². The lowest BCUT2D eigenvalue weighted by Gasteiger charge is -2.25. The summed E-state index contributed by atoms with van der Waals surface area (Å²) in [5.41, 5.74) is 6.97. The van der Waals surface area contributed by atoms with Crippen LogP contribution in [0.2, 0.25) is 0 Å². The number of aromatic amines is 1. The molecule has 2 nitrogen and oxygen atoms in total. The van der Waals surface area contributed by atoms with Gasteiger partial charge in [-0.2, -0.15) is 11.8 Å². The lowest BCUT2D eigenvalue weighted by Crippen LogP contribution is -2.33. The van der Waals surface area contributed by atoms with Gasteiger partial charge in [-0.3, -0.25) is 0 Å². The Hall–Kier alpha value is -1.97. The van der Waals surface area contributed by atoms with E-state index in [4.69, 9.17) is 0 Å². The Morgan fingerprint density at radius 2 is 1.92 bits per heavy atom. The summed E-state index contributed by atoms with van der Waals surface area (Å²) in [7, 11) is 0. The lowest BCUT2D eigenvalue weighted by atomic mass is 9.92. The second-order valence-electron chi connectivity index (χ2n) is 7.05. The molecular weight excluding hydrogens is 336 g/mol. The van der Waals surface area contributed by atoms with Gasteiger partial charge in [-0.1, -0.05) is 48.5 Å². The van der Waals surface area contributed by atoms with Gasteiger partial charge >= 0.3 is 0 Å². The van der Waals surface area contributed by atoms with Gasteiger partial charge in [0.25, 0.3) is 0 Å². The second kappa shape index (κ2) is 8.15. The monoisotopic (exact) mass is 362 g/mol. The van der Waals surface area contributed by atoms with Crippen molar-refractivity contribution in [3.63, 3.8) is 0 Å². The van der Waals surface area contributed by atoms with E-state index in [9.17, 15) is 0 Å². The fraction of sp³-hybridized carbons (Fsp3) is 0.304. The van der Waals surface area contributed by atoms with Crippen molar-refractivity contribution in [1.29, 1.82) is 0 Å². The Kier molecular flexibility index (Phi) is 5.47. The van der Waals surface area contributed by atoms with Crippen LogP contribution in [0.4, 0.5) is 0 Å². The summed E-state index contributed by atoms with van der Waals surface area (Å²) in [6, 6.07) is 17.9. The van der Waals surface area contributed by atoms with Gasteiger partial charge in [0.1, 0.15) is 0 Å². The number of fused-ring (bicyclic) bond motifs is 1. The third-order valence-electron chi connectivity index (χ3n) is 5.26. The highest BCUT2D eigenvalue weighted by Gasteiger charge is 2.16. The Bertz CT molecular complexity index is 909. The van der Waals surface area contributed by atoms with Crippen molar-refractivity contribution in [1.82, 2.24) is 10.3 Å². The molecule has 0 aliphatic carbocycles. The van der Waals surface area contributed by atoms with Crippen molar-refractivity contribution in [2.75, 3.05) is 12.3 Å². The first-order valence-electron chi connectivity index (χ1n) is 9.42. The zero-order chi connectivity index (χ0) is 17.8. The molecule has 26 heavy (non-hydrogen) atoms. The van der Waals surface area contributed by atoms with Crippen LogP contribution in [0.1, 0.15) is 29.5 Å². The van der Waals surface area contributed by atoms with Crippen molar-refractivity contribution in [3.05, 3.63) is 77.5 Å². The first-order chi connectivity index (χ1) is 12.8. The minimum Gasteiger partial charge on any atom is -0.361 e. The summed E-state index contributed by atoms with van der Waals surface area (Å²) in [4.78, 5) is 3.37. The average molecular weight is 363 g/mol. The van der Waals surface area contributed by atoms with Crippen molar-refractivity contribution in [2.45, 2.75) is 31.6 Å². The molecule has 0 saturated carbocycles. The molecule has 2 aromatic carbocycles. The summed E-state index contributed by atoms with van der Waals surface area (Å²) in [5.74, 6) is 2.27. The van der Waals surface area contributed by atoms with Crippen LogP contribution in [0.15, 0.2) is 60.8 Å². The molecule has 0 spiro atoms. The van der Waals surface area contributed by atoms with Crippen LogP contribution >= 0.6 is 11.8 Å². The maximum Gasteiger partial charge on any atom is 0.0457 e. The molecule has 0 bridgehead atoms. The summed E-state index contributed by atoms with van der Waals surface area (Å²) in [6.07, 6.45) is 6.88. The number of thioether (sulfide) groups is 1. The largest absolute Gasteiger partial charge is 0.361 e. The maximum atomic E-state index is 3.67. The summed E-state index contributed by atoms with van der Waals surface area (Å²) >= 11 is 2.04. The van der Waals surface area contributed by atoms with Crippen LogP contribution in [-0.2, 0) is 5.75 Å². The zero-order valence-electron chi connectivity index (χ0n) is 15.3. The van der Waals surface area contributed by atoms with Crippen LogP contribution in [0.25, 0.3) is 16.5 Å². The number of aromatic nitrogens is 1. The molecule has 2 heterocycles. The highest BCUT2D eigenvalue weighted by atomic mass is 32.2. The van der Waals surface area contributed by atoms with Crippen LogP contribution in [-0.4, -0.2) is 23.3 Å². The predicted octanol–water partition coefficient (Wildman–Crippen LogP) is 5.55. The molecule has 1 aliphatic rings. The van der Waals surface area contributed by atoms with Crippen LogP contribution in [0, 0.1) is 6.92 Å². The fourth-order valence-electron chi connectivity index (χ4n) is 3.79. The van der Waals surface area contributed by atoms with E-state index in [-0.39, 0.29) is 0 Å². The molecular formula is C23H26N2S. The van der Waals surface area contributed by atoms with Gasteiger partial charge in [0, 0.05) is 35.4 Å². The van der Waals surface area contributed by atoms with E-state index in [0.717, 1.165) is 18.7 Å². The lowest BCUT2D eigenvalue weighted by molar-refractivity contribution is 0.525. The number of rotatable bonds is 6. The topological polar surface area (TPSA) is 27.8 Å². The summed E-state index contributed by atoms with van der Waals surface area (Å²) in [6.45, 7) is 3.20. The fourth-order valence-corrected chi connectivity index (χ4v) is 4.84. The number of benzene rings is 2. The van der Waals surface area contributed by atoms with Crippen LogP contribution in [0.5, 0.6) is 0 Å². The van der Waals surface area contributed by atoms with Crippen LogP contribution < -0.4 is 5.32 Å². The van der Waals surface area contributed by atoms with Gasteiger partial charge in [0.05, 0.1) is 0 Å². The summed E-state index contributed by atoms with van der Waals surface area (Å²) < 4.78 is 0. The molecule has 0 fully saturated rings. The minimum absolute atomic E-state index is 0.588. The van der Waals surface area contributed by atoms with E-state index in [2.05, 4.69) is 78.0 Å². The molecule has 1 atom stereocenters. The third-order valence-corrected chi connectivity index (χ3v) is 6.29. The minimum atomic E-state index is 0.588. The smallest absolute Gasteiger partial charge is 0.0457 e. The number of nitrogens with one attached hydrogen (secondary N) is 2. The molecule has 0 amide bonds. The number of hydrogen-bond acceptors (Lipinski definition) is 2. The van der Waals surface area contributed by atoms with Gasteiger partial charge in [-0.15, -0.1) is 0 Å². The second-order valence-corrected chi connectivity index (χ2v) is 8.16. The number of para-hydroxylation sites is 1. The normalized spacial score (nSPS) is 17.4. The highest BCUT2D eigenvalue weighted by Crippen LogP contribution is 2.27. The molecule has 2 N–H and O–H groups in total. The van der Waals surface area contributed by atoms with Gasteiger partial charge in [-0.25, -0.2) is 0 Å². The number of aryl methyl sites for hydroxylation is 1. The molecule has 134 valence electrons. The Balaban J connectivity index is 1.29. The van der Waals surface area contributed by atoms with Crippen molar-refractivity contribution < 1.29 is 0 Å². The van der Waals surface area contributed by atoms with Gasteiger partial charge in [0.15, 0.2) is 0 Å². The highest BCUT2D eigenvalue weighted by molar-refractivity contribution is 7.98. The molecule has 0 radical (unpaired) electrons. The maximum absolute atomic E-state index is 3.67. The average Bonchev–Trinajstić information content (AvgIpc) is 3.09. The SMILES string of the molecule is Cc1ccccc1C1=CCNC(CCSCc2c[nH]c3ccccc23)C1. The zero-order valence-corrected chi connectivity index (χ0v) is 16.1. The van der Waals surface area contributed by atoms with E-state index in [1.54, 1.807) is 0 Å². The number of H-pyrrole nitrogens is 1. The molecule has 3 heteroatoms. The first-order valence-corrected chi connectivity index (χ1v) is 10.6. The van der Waals surface area contributed by atoms with Crippen molar-refractivity contribution in [2.24, 2.45) is 0 Å². The molecule has 1 aromatic heterocycles. The van der Waals surface area contributed by atoms with Gasteiger partial charge < -0.3 is 10.3 Å². The standard InChI is InChI=1S/C23H26N2S/c1-17-6-2-3-7-21(17)18-10-12-24-20(14-18)11-13-26-16-19-15-25-23-9-5-4-8-22(19)23/h2-10,15,20,24-25H,11-14,16H2,1H3. The summed E-state index contributed by atoms with van der Waals surface area (Å²) in [5, 5.41) is 5.03. The predicted molar refractivity (Wildman–Crippen MR) is 115 cm³/mol. The molecule has 1 aliphatic heterocycles. The first kappa shape index (κ1) is 17.4. The van der Waals surface area contributed by atoms with E-state index < -0.39 is 0 Å². The number of hydrogen-bond donors (Lipinski definition) is 2.